The first-order valence-electron chi connectivity index (χ1n) is 3.98. The molecule has 0 heterocycles. The summed E-state index contributed by atoms with van der Waals surface area (Å²) in [6.45, 7) is 4.62. The van der Waals surface area contributed by atoms with Crippen molar-refractivity contribution in [1.29, 1.82) is 0 Å². The van der Waals surface area contributed by atoms with E-state index in [1.807, 2.05) is 0 Å². The van der Waals surface area contributed by atoms with Crippen molar-refractivity contribution in [1.82, 2.24) is 0 Å². The molecule has 4 nitrogen and oxygen atoms in total. The Kier molecular flexibility index (Phi) is 8.21. The monoisotopic (exact) mass is 177 g/mol. The summed E-state index contributed by atoms with van der Waals surface area (Å²) in [6, 6.07) is 0. The summed E-state index contributed by atoms with van der Waals surface area (Å²) in [5.41, 5.74) is 5.41. The largest absolute Gasteiger partial charge is 0.481 e. The predicted octanol–water partition coefficient (Wildman–Crippen LogP) is 0.257. The third-order valence-corrected chi connectivity index (χ3v) is 1.60. The van der Waals surface area contributed by atoms with Crippen molar-refractivity contribution in [3.63, 3.8) is 0 Å². The van der Waals surface area contributed by atoms with E-state index >= 15 is 0 Å². The van der Waals surface area contributed by atoms with Crippen LogP contribution in [0.25, 0.3) is 0 Å². The predicted molar refractivity (Wildman–Crippen MR) is 47.9 cm³/mol. The number of hydrogen-bond donors (Lipinski definition) is 2. The zero-order valence-electron chi connectivity index (χ0n) is 7.71. The highest BCUT2D eigenvalue weighted by Crippen LogP contribution is 2.13. The van der Waals surface area contributed by atoms with Crippen LogP contribution < -0.4 is 5.73 Å². The second kappa shape index (κ2) is 7.06. The topological polar surface area (TPSA) is 94.8 Å². The third kappa shape index (κ3) is 7.50. The van der Waals surface area contributed by atoms with Crippen LogP contribution >= 0.6 is 0 Å². The summed E-state index contributed by atoms with van der Waals surface area (Å²) >= 11 is 0. The Morgan fingerprint density at radius 3 is 2.25 bits per heavy atom. The number of hydrogen-bond acceptors (Lipinski definition) is 2. The van der Waals surface area contributed by atoms with Gasteiger partial charge >= 0.3 is 5.97 Å². The van der Waals surface area contributed by atoms with Crippen LogP contribution in [0.15, 0.2) is 0 Å². The van der Waals surface area contributed by atoms with Crippen molar-refractivity contribution in [3.05, 3.63) is 0 Å². The number of nitrogens with two attached hydrogens (primary N) is 1. The zero-order valence-corrected chi connectivity index (χ0v) is 7.71. The Bertz CT molecular complexity index is 125. The molecular formula is C8H19NO3. The van der Waals surface area contributed by atoms with Crippen LogP contribution in [0.4, 0.5) is 0 Å². The quantitative estimate of drug-likeness (QED) is 0.630. The molecule has 12 heavy (non-hydrogen) atoms. The van der Waals surface area contributed by atoms with Gasteiger partial charge in [-0.05, 0) is 24.8 Å². The lowest BCUT2D eigenvalue weighted by molar-refractivity contribution is -0.138. The number of rotatable bonds is 5. The normalized spacial score (nSPS) is 12.3. The Morgan fingerprint density at radius 1 is 1.50 bits per heavy atom. The van der Waals surface area contributed by atoms with Gasteiger partial charge in [-0.1, -0.05) is 13.8 Å². The van der Waals surface area contributed by atoms with Crippen molar-refractivity contribution in [2.24, 2.45) is 17.6 Å². The molecule has 0 aromatic rings. The van der Waals surface area contributed by atoms with Gasteiger partial charge in [0.15, 0.2) is 0 Å². The van der Waals surface area contributed by atoms with E-state index in [0.717, 1.165) is 6.42 Å². The van der Waals surface area contributed by atoms with Gasteiger partial charge < -0.3 is 16.3 Å². The summed E-state index contributed by atoms with van der Waals surface area (Å²) in [6.07, 6.45) is 1.11. The van der Waals surface area contributed by atoms with E-state index in [1.165, 1.54) is 0 Å². The van der Waals surface area contributed by atoms with Gasteiger partial charge in [-0.3, -0.25) is 4.79 Å². The highest BCUT2D eigenvalue weighted by atomic mass is 16.4. The van der Waals surface area contributed by atoms with E-state index in [0.29, 0.717) is 12.5 Å². The molecule has 0 aromatic carbocycles. The van der Waals surface area contributed by atoms with Gasteiger partial charge in [0.1, 0.15) is 0 Å². The average Bonchev–Trinajstić information content (AvgIpc) is 1.84. The second-order valence-electron chi connectivity index (χ2n) is 3.33. The minimum Gasteiger partial charge on any atom is -0.481 e. The minimum atomic E-state index is -0.749. The molecule has 0 rings (SSSR count). The molecule has 74 valence electrons. The van der Waals surface area contributed by atoms with Crippen LogP contribution in [0, 0.1) is 11.8 Å². The van der Waals surface area contributed by atoms with Crippen LogP contribution in [-0.4, -0.2) is 23.1 Å². The number of carboxylic acids is 1. The molecule has 0 aliphatic carbocycles. The molecule has 0 spiro atoms. The summed E-state index contributed by atoms with van der Waals surface area (Å²) < 4.78 is 0. The van der Waals surface area contributed by atoms with Gasteiger partial charge in [0.2, 0.25) is 0 Å². The van der Waals surface area contributed by atoms with Gasteiger partial charge in [-0.25, -0.2) is 0 Å². The van der Waals surface area contributed by atoms with E-state index in [4.69, 9.17) is 10.8 Å². The number of carbonyl (C=O) groups is 1. The number of carboxylic acid groups (broad SMARTS) is 1. The summed E-state index contributed by atoms with van der Waals surface area (Å²) in [4.78, 5) is 10.3. The molecule has 5 N–H and O–H groups in total. The Labute approximate surface area is 73.1 Å². The molecule has 0 radical (unpaired) electrons. The zero-order chi connectivity index (χ0) is 8.85. The Hall–Kier alpha value is -0.610. The summed E-state index contributed by atoms with van der Waals surface area (Å²) in [5.74, 6) is -0.0727. The molecule has 0 fully saturated rings. The molecule has 1 atom stereocenters. The van der Waals surface area contributed by atoms with E-state index in [9.17, 15) is 4.79 Å². The van der Waals surface area contributed by atoms with Gasteiger partial charge in [-0.2, -0.15) is 0 Å². The van der Waals surface area contributed by atoms with Crippen molar-refractivity contribution in [3.8, 4) is 0 Å². The van der Waals surface area contributed by atoms with Crippen LogP contribution in [0.1, 0.15) is 26.7 Å². The van der Waals surface area contributed by atoms with E-state index < -0.39 is 5.97 Å². The van der Waals surface area contributed by atoms with E-state index in [2.05, 4.69) is 13.8 Å². The first-order chi connectivity index (χ1) is 5.06. The lowest BCUT2D eigenvalue weighted by atomic mass is 9.94. The second-order valence-corrected chi connectivity index (χ2v) is 3.33. The fourth-order valence-electron chi connectivity index (χ4n) is 1.18. The fraction of sp³-hybridized carbons (Fsp3) is 0.875. The molecule has 4 heteroatoms. The third-order valence-electron chi connectivity index (χ3n) is 1.60. The highest BCUT2D eigenvalue weighted by Gasteiger charge is 2.12. The van der Waals surface area contributed by atoms with Gasteiger partial charge in [-0.15, -0.1) is 0 Å². The molecule has 0 saturated heterocycles. The first-order valence-corrected chi connectivity index (χ1v) is 3.98. The molecule has 0 bridgehead atoms. The van der Waals surface area contributed by atoms with Crippen LogP contribution in [-0.2, 0) is 4.79 Å². The van der Waals surface area contributed by atoms with Crippen molar-refractivity contribution < 1.29 is 15.4 Å². The van der Waals surface area contributed by atoms with E-state index in [-0.39, 0.29) is 17.8 Å². The standard InChI is InChI=1S/C8H17NO2.H2O/c1-6(2)3-7(5-9)4-8(10)11;/h6-7H,3-5,9H2,1-2H3,(H,10,11);1H2/t7-;/m0./s1. The van der Waals surface area contributed by atoms with E-state index in [1.54, 1.807) is 0 Å². The minimum absolute atomic E-state index is 0. The molecule has 0 aromatic heterocycles. The van der Waals surface area contributed by atoms with Gasteiger partial charge in [0.25, 0.3) is 0 Å². The first kappa shape index (κ1) is 13.9. The number of aliphatic carboxylic acids is 1. The van der Waals surface area contributed by atoms with Crippen molar-refractivity contribution >= 4 is 5.97 Å². The summed E-state index contributed by atoms with van der Waals surface area (Å²) in [5, 5.41) is 8.47. The maximum atomic E-state index is 10.3. The molecule has 0 aliphatic heterocycles. The van der Waals surface area contributed by atoms with Crippen LogP contribution in [0.3, 0.4) is 0 Å². The van der Waals surface area contributed by atoms with Gasteiger partial charge in [0.05, 0.1) is 0 Å². The lowest BCUT2D eigenvalue weighted by Crippen LogP contribution is -2.19. The van der Waals surface area contributed by atoms with Crippen LogP contribution in [0.2, 0.25) is 0 Å². The maximum Gasteiger partial charge on any atom is 0.303 e. The average molecular weight is 177 g/mol. The molecule has 0 unspecified atom stereocenters. The van der Waals surface area contributed by atoms with Gasteiger partial charge in [0, 0.05) is 6.42 Å². The molecular weight excluding hydrogens is 158 g/mol. The maximum absolute atomic E-state index is 10.3. The molecule has 0 amide bonds. The molecule has 0 saturated carbocycles. The van der Waals surface area contributed by atoms with Crippen molar-refractivity contribution in [2.75, 3.05) is 6.54 Å². The highest BCUT2D eigenvalue weighted by molar-refractivity contribution is 5.67. The fourth-order valence-corrected chi connectivity index (χ4v) is 1.18. The van der Waals surface area contributed by atoms with Crippen molar-refractivity contribution in [2.45, 2.75) is 26.7 Å². The lowest BCUT2D eigenvalue weighted by Gasteiger charge is -2.13. The van der Waals surface area contributed by atoms with Crippen LogP contribution in [0.5, 0.6) is 0 Å². The smallest absolute Gasteiger partial charge is 0.303 e. The SMILES string of the molecule is CC(C)C[C@H](CN)CC(=O)O.O. The Balaban J connectivity index is 0. The molecule has 0 aliphatic rings. The Morgan fingerprint density at radius 2 is 2.00 bits per heavy atom. The summed E-state index contributed by atoms with van der Waals surface area (Å²) in [7, 11) is 0.